The highest BCUT2D eigenvalue weighted by atomic mass is 32.2. The maximum Gasteiger partial charge on any atom is 0.233 e. The van der Waals surface area contributed by atoms with Crippen LogP contribution < -0.4 is 5.32 Å². The van der Waals surface area contributed by atoms with Crippen molar-refractivity contribution in [1.29, 1.82) is 0 Å². The molecule has 0 fully saturated rings. The first-order valence-electron chi connectivity index (χ1n) is 7.56. The Morgan fingerprint density at radius 3 is 2.65 bits per heavy atom. The lowest BCUT2D eigenvalue weighted by Crippen LogP contribution is -2.44. The van der Waals surface area contributed by atoms with Crippen LogP contribution in [0.5, 0.6) is 0 Å². The molecule has 0 saturated carbocycles. The zero-order valence-electron chi connectivity index (χ0n) is 13.7. The van der Waals surface area contributed by atoms with Gasteiger partial charge in [-0.05, 0) is 20.3 Å². The molecule has 23 heavy (non-hydrogen) atoms. The van der Waals surface area contributed by atoms with Gasteiger partial charge in [0.15, 0.2) is 0 Å². The molecule has 0 bridgehead atoms. The highest BCUT2D eigenvalue weighted by molar-refractivity contribution is 7.84. The number of nitrogens with zero attached hydrogens (tertiary/aromatic N) is 1. The first-order valence-corrected chi connectivity index (χ1v) is 9.05. The Kier molecular flexibility index (Phi) is 5.71. The predicted octanol–water partition coefficient (Wildman–Crippen LogP) is 2.90. The molecule has 1 atom stereocenters. The third-order valence-electron chi connectivity index (χ3n) is 3.59. The van der Waals surface area contributed by atoms with Crippen molar-refractivity contribution in [3.05, 3.63) is 42.2 Å². The Morgan fingerprint density at radius 1 is 1.30 bits per heavy atom. The highest BCUT2D eigenvalue weighted by Gasteiger charge is 2.20. The van der Waals surface area contributed by atoms with Gasteiger partial charge in [-0.15, -0.1) is 0 Å². The van der Waals surface area contributed by atoms with E-state index in [2.05, 4.69) is 10.5 Å². The van der Waals surface area contributed by atoms with Crippen LogP contribution in [0, 0.1) is 0 Å². The lowest BCUT2D eigenvalue weighted by Gasteiger charge is -2.24. The Balaban J connectivity index is 1.91. The second kappa shape index (κ2) is 7.55. The van der Waals surface area contributed by atoms with Crippen molar-refractivity contribution < 1.29 is 13.5 Å². The van der Waals surface area contributed by atoms with Crippen molar-refractivity contribution in [2.45, 2.75) is 38.5 Å². The number of hydrogen-bond acceptors (Lipinski definition) is 4. The Hall–Kier alpha value is -1.95. The molecule has 1 aromatic heterocycles. The monoisotopic (exact) mass is 334 g/mol. The largest absolute Gasteiger partial charge is 0.360 e. The van der Waals surface area contributed by atoms with Crippen LogP contribution in [0.3, 0.4) is 0 Å². The highest BCUT2D eigenvalue weighted by Crippen LogP contribution is 2.19. The van der Waals surface area contributed by atoms with E-state index in [4.69, 9.17) is 4.52 Å². The average Bonchev–Trinajstić information content (AvgIpc) is 2.95. The molecule has 1 heterocycles. The molecule has 0 aliphatic heterocycles. The van der Waals surface area contributed by atoms with Gasteiger partial charge in [0.2, 0.25) is 5.91 Å². The van der Waals surface area contributed by atoms with E-state index in [-0.39, 0.29) is 23.0 Å². The van der Waals surface area contributed by atoms with Gasteiger partial charge >= 0.3 is 0 Å². The molecular formula is C17H22N2O3S. The SMILES string of the molecule is CCC(C)(C)NC(=O)CS(=O)Cc1cc(-c2ccccc2)no1. The van der Waals surface area contributed by atoms with Crippen LogP contribution in [0.4, 0.5) is 0 Å². The van der Waals surface area contributed by atoms with E-state index in [0.29, 0.717) is 11.5 Å². The molecule has 1 unspecified atom stereocenters. The molecule has 0 spiro atoms. The number of aromatic nitrogens is 1. The molecule has 1 amide bonds. The van der Waals surface area contributed by atoms with Crippen molar-refractivity contribution in [1.82, 2.24) is 10.5 Å². The molecule has 124 valence electrons. The Bertz CT molecular complexity index is 680. The molecule has 2 aromatic rings. The van der Waals surface area contributed by atoms with E-state index in [1.165, 1.54) is 0 Å². The third kappa shape index (κ3) is 5.32. The summed E-state index contributed by atoms with van der Waals surface area (Å²) in [4.78, 5) is 11.9. The molecule has 0 saturated heterocycles. The number of hydrogen-bond donors (Lipinski definition) is 1. The maximum absolute atomic E-state index is 12.1. The second-order valence-electron chi connectivity index (χ2n) is 6.06. The van der Waals surface area contributed by atoms with Gasteiger partial charge in [0.05, 0.1) is 5.75 Å². The van der Waals surface area contributed by atoms with Gasteiger partial charge in [0.1, 0.15) is 17.2 Å². The molecule has 1 aromatic carbocycles. The Morgan fingerprint density at radius 2 is 2.00 bits per heavy atom. The Labute approximate surface area is 138 Å². The molecule has 6 heteroatoms. The summed E-state index contributed by atoms with van der Waals surface area (Å²) in [7, 11) is -1.33. The van der Waals surface area contributed by atoms with Crippen LogP contribution in [-0.2, 0) is 21.3 Å². The van der Waals surface area contributed by atoms with E-state index in [1.807, 2.05) is 51.1 Å². The van der Waals surface area contributed by atoms with Crippen LogP contribution >= 0.6 is 0 Å². The van der Waals surface area contributed by atoms with E-state index in [9.17, 15) is 9.00 Å². The quantitative estimate of drug-likeness (QED) is 0.845. The lowest BCUT2D eigenvalue weighted by molar-refractivity contribution is -0.120. The van der Waals surface area contributed by atoms with Gasteiger partial charge in [0, 0.05) is 28.0 Å². The third-order valence-corrected chi connectivity index (χ3v) is 4.78. The summed E-state index contributed by atoms with van der Waals surface area (Å²) >= 11 is 0. The van der Waals surface area contributed by atoms with Crippen molar-refractivity contribution in [3.8, 4) is 11.3 Å². The first-order chi connectivity index (χ1) is 10.9. The van der Waals surface area contributed by atoms with E-state index in [0.717, 1.165) is 12.0 Å². The molecule has 5 nitrogen and oxygen atoms in total. The van der Waals surface area contributed by atoms with Gasteiger partial charge < -0.3 is 9.84 Å². The first kappa shape index (κ1) is 17.4. The van der Waals surface area contributed by atoms with Crippen LogP contribution in [-0.4, -0.2) is 26.6 Å². The van der Waals surface area contributed by atoms with Crippen molar-refractivity contribution in [2.24, 2.45) is 0 Å². The normalized spacial score (nSPS) is 12.8. The molecule has 2 rings (SSSR count). The zero-order valence-corrected chi connectivity index (χ0v) is 14.5. The number of benzene rings is 1. The van der Waals surface area contributed by atoms with E-state index < -0.39 is 10.8 Å². The second-order valence-corrected chi connectivity index (χ2v) is 7.52. The molecular weight excluding hydrogens is 312 g/mol. The van der Waals surface area contributed by atoms with E-state index in [1.54, 1.807) is 6.07 Å². The van der Waals surface area contributed by atoms with Gasteiger partial charge in [0.25, 0.3) is 0 Å². The topological polar surface area (TPSA) is 72.2 Å². The number of rotatable bonds is 7. The van der Waals surface area contributed by atoms with Crippen LogP contribution in [0.25, 0.3) is 11.3 Å². The standard InChI is InChI=1S/C17H22N2O3S/c1-4-17(2,3)18-16(20)12-23(21)11-14-10-15(19-22-14)13-8-6-5-7-9-13/h5-10H,4,11-12H2,1-3H3,(H,18,20). The summed E-state index contributed by atoms with van der Waals surface area (Å²) in [6.07, 6.45) is 0.813. The summed E-state index contributed by atoms with van der Waals surface area (Å²) in [5.74, 6) is 0.452. The molecule has 0 aliphatic rings. The van der Waals surface area contributed by atoms with Gasteiger partial charge in [-0.25, -0.2) is 0 Å². The number of carbonyl (C=O) groups excluding carboxylic acids is 1. The van der Waals surface area contributed by atoms with Crippen LogP contribution in [0.15, 0.2) is 40.9 Å². The van der Waals surface area contributed by atoms with Crippen LogP contribution in [0.1, 0.15) is 33.0 Å². The fraction of sp³-hybridized carbons (Fsp3) is 0.412. The molecule has 0 radical (unpaired) electrons. The summed E-state index contributed by atoms with van der Waals surface area (Å²) in [6, 6.07) is 11.4. The number of amides is 1. The molecule has 1 N–H and O–H groups in total. The number of nitrogens with one attached hydrogen (secondary N) is 1. The van der Waals surface area contributed by atoms with E-state index >= 15 is 0 Å². The minimum atomic E-state index is -1.33. The maximum atomic E-state index is 12.1. The minimum absolute atomic E-state index is 0.0369. The number of carbonyl (C=O) groups is 1. The van der Waals surface area contributed by atoms with Crippen LogP contribution in [0.2, 0.25) is 0 Å². The van der Waals surface area contributed by atoms with Gasteiger partial charge in [-0.1, -0.05) is 42.4 Å². The van der Waals surface area contributed by atoms with Gasteiger partial charge in [-0.3, -0.25) is 9.00 Å². The van der Waals surface area contributed by atoms with Crippen molar-refractivity contribution in [2.75, 3.05) is 5.75 Å². The fourth-order valence-corrected chi connectivity index (χ4v) is 2.90. The molecule has 0 aliphatic carbocycles. The fourth-order valence-electron chi connectivity index (χ4n) is 1.98. The average molecular weight is 334 g/mol. The summed E-state index contributed by atoms with van der Waals surface area (Å²) < 4.78 is 17.3. The zero-order chi connectivity index (χ0) is 16.9. The minimum Gasteiger partial charge on any atom is -0.360 e. The summed E-state index contributed by atoms with van der Waals surface area (Å²) in [5, 5.41) is 6.86. The van der Waals surface area contributed by atoms with Gasteiger partial charge in [-0.2, -0.15) is 0 Å². The predicted molar refractivity (Wildman–Crippen MR) is 91.2 cm³/mol. The van der Waals surface area contributed by atoms with Crippen molar-refractivity contribution in [3.63, 3.8) is 0 Å². The van der Waals surface area contributed by atoms with Crippen molar-refractivity contribution >= 4 is 16.7 Å². The smallest absolute Gasteiger partial charge is 0.233 e. The summed E-state index contributed by atoms with van der Waals surface area (Å²) in [5.41, 5.74) is 1.36. The lowest BCUT2D eigenvalue weighted by atomic mass is 10.0. The summed E-state index contributed by atoms with van der Waals surface area (Å²) in [6.45, 7) is 5.88.